The predicted molar refractivity (Wildman–Crippen MR) is 196 cm³/mol. The molecule has 6 nitrogen and oxygen atoms in total. The van der Waals surface area contributed by atoms with Crippen LogP contribution in [0.2, 0.25) is 0 Å². The molecule has 5 rings (SSSR count). The third-order valence-electron chi connectivity index (χ3n) is 7.57. The lowest BCUT2D eigenvalue weighted by molar-refractivity contribution is 0.427. The minimum absolute atomic E-state index is 0.141. The van der Waals surface area contributed by atoms with E-state index in [2.05, 4.69) is 112 Å². The molecule has 0 radical (unpaired) electrons. The van der Waals surface area contributed by atoms with E-state index in [4.69, 9.17) is 4.98 Å². The van der Waals surface area contributed by atoms with Crippen molar-refractivity contribution in [2.24, 2.45) is 0 Å². The topological polar surface area (TPSA) is 56.3 Å². The number of allylic oxidation sites excluding steroid dienone is 1. The fourth-order valence-corrected chi connectivity index (χ4v) is 6.89. The molecule has 7 heteroatoms. The van der Waals surface area contributed by atoms with Gasteiger partial charge in [0.15, 0.2) is 0 Å². The molecule has 2 heterocycles. The molecule has 1 aromatic heterocycles. The van der Waals surface area contributed by atoms with E-state index >= 15 is 0 Å². The molecule has 1 aliphatic rings. The molecule has 0 atom stereocenters. The second-order valence-electron chi connectivity index (χ2n) is 12.0. The molecule has 1 fully saturated rings. The Morgan fingerprint density at radius 3 is 1.95 bits per heavy atom. The Morgan fingerprint density at radius 2 is 1.39 bits per heavy atom. The van der Waals surface area contributed by atoms with Crippen molar-refractivity contribution in [2.45, 2.75) is 51.9 Å². The van der Waals surface area contributed by atoms with Gasteiger partial charge in [-0.3, -0.25) is 4.31 Å². The van der Waals surface area contributed by atoms with Gasteiger partial charge in [0.05, 0.1) is 5.69 Å². The fraction of sp³-hybridized carbons (Fsp3) is 0.297. The van der Waals surface area contributed by atoms with Crippen LogP contribution in [-0.2, 0) is 5.41 Å². The summed E-state index contributed by atoms with van der Waals surface area (Å²) in [6, 6.07) is 27.5. The number of nitrogens with zero attached hydrogens (tertiary/aromatic N) is 4. The van der Waals surface area contributed by atoms with E-state index in [1.54, 1.807) is 6.20 Å². The van der Waals surface area contributed by atoms with Crippen LogP contribution in [0.15, 0.2) is 102 Å². The van der Waals surface area contributed by atoms with Crippen molar-refractivity contribution in [3.63, 3.8) is 0 Å². The summed E-state index contributed by atoms with van der Waals surface area (Å²) >= 11 is 0. The van der Waals surface area contributed by atoms with E-state index < -0.39 is 9.39 Å². The van der Waals surface area contributed by atoms with Crippen LogP contribution in [0.5, 0.6) is 0 Å². The van der Waals surface area contributed by atoms with Crippen LogP contribution in [0.1, 0.15) is 47.1 Å². The first-order chi connectivity index (χ1) is 21.0. The number of benzene rings is 3. The Labute approximate surface area is 265 Å². The summed E-state index contributed by atoms with van der Waals surface area (Å²) < 4.78 is 2.47. The molecular formula is C37H48N6S. The largest absolute Gasteiger partial charge is 0.369 e. The normalized spacial score (nSPS) is 13.9. The molecule has 0 saturated carbocycles. The first-order valence-electron chi connectivity index (χ1n) is 15.3. The molecule has 1 saturated heterocycles. The minimum atomic E-state index is -1.53. The lowest BCUT2D eigenvalue weighted by atomic mass is 9.87. The first kappa shape index (κ1) is 32.8. The van der Waals surface area contributed by atoms with Crippen LogP contribution in [0.3, 0.4) is 0 Å². The van der Waals surface area contributed by atoms with E-state index in [9.17, 15) is 0 Å². The van der Waals surface area contributed by atoms with Crippen LogP contribution in [0, 0.1) is 0 Å². The number of rotatable bonds is 8. The molecule has 44 heavy (non-hydrogen) atoms. The van der Waals surface area contributed by atoms with Gasteiger partial charge in [-0.2, -0.15) is 0 Å². The summed E-state index contributed by atoms with van der Waals surface area (Å²) in [4.78, 5) is 12.8. The Kier molecular flexibility index (Phi) is 10.6. The van der Waals surface area contributed by atoms with E-state index in [0.717, 1.165) is 54.5 Å². The molecule has 1 aliphatic heterocycles. The first-order valence-corrected chi connectivity index (χ1v) is 17.2. The second-order valence-corrected chi connectivity index (χ2v) is 14.6. The smallest absolute Gasteiger partial charge is 0.227 e. The SMILES string of the molecule is C=C(C)Nc1ccc(-c2ccnc(Nc3ccc(N4CCN(S(=C)(=C)c5ccc(C(C)(C)C)cc5)CC4)cc3)n2)cc1.CC. The van der Waals surface area contributed by atoms with Gasteiger partial charge in [0.2, 0.25) is 5.95 Å². The summed E-state index contributed by atoms with van der Waals surface area (Å²) in [5.74, 6) is 9.76. The van der Waals surface area contributed by atoms with Gasteiger partial charge in [-0.05, 0) is 72.5 Å². The molecule has 0 unspecified atom stereocenters. The highest BCUT2D eigenvalue weighted by Crippen LogP contribution is 2.38. The fourth-order valence-electron chi connectivity index (χ4n) is 5.09. The van der Waals surface area contributed by atoms with Gasteiger partial charge < -0.3 is 15.5 Å². The predicted octanol–water partition coefficient (Wildman–Crippen LogP) is 8.92. The molecule has 0 aliphatic carbocycles. The molecule has 4 aromatic rings. The van der Waals surface area contributed by atoms with Crippen molar-refractivity contribution in [3.05, 3.63) is 103 Å². The zero-order valence-electron chi connectivity index (χ0n) is 27.2. The summed E-state index contributed by atoms with van der Waals surface area (Å²) in [6.45, 7) is 20.3. The molecular weight excluding hydrogens is 561 g/mol. The van der Waals surface area contributed by atoms with Gasteiger partial charge in [0, 0.05) is 65.6 Å². The van der Waals surface area contributed by atoms with Crippen LogP contribution >= 0.6 is 9.39 Å². The van der Waals surface area contributed by atoms with Crippen LogP contribution in [-0.4, -0.2) is 52.2 Å². The van der Waals surface area contributed by atoms with Crippen molar-refractivity contribution in [1.82, 2.24) is 14.3 Å². The van der Waals surface area contributed by atoms with E-state index in [1.165, 1.54) is 16.1 Å². The number of hydrogen-bond donors (Lipinski definition) is 2. The van der Waals surface area contributed by atoms with Gasteiger partial charge in [-0.15, -0.1) is 9.39 Å². The maximum absolute atomic E-state index is 4.73. The van der Waals surface area contributed by atoms with Gasteiger partial charge in [0.1, 0.15) is 0 Å². The van der Waals surface area contributed by atoms with Gasteiger partial charge in [0.25, 0.3) is 0 Å². The second kappa shape index (κ2) is 14.1. The highest BCUT2D eigenvalue weighted by Gasteiger charge is 2.22. The van der Waals surface area contributed by atoms with Crippen molar-refractivity contribution in [2.75, 3.05) is 41.7 Å². The number of nitrogens with one attached hydrogen (secondary N) is 2. The summed E-state index contributed by atoms with van der Waals surface area (Å²) in [6.07, 6.45) is 1.78. The van der Waals surface area contributed by atoms with Crippen molar-refractivity contribution in [3.8, 4) is 11.3 Å². The minimum Gasteiger partial charge on any atom is -0.369 e. The number of aromatic nitrogens is 2. The highest BCUT2D eigenvalue weighted by atomic mass is 32.2. The Hall–Kier alpha value is -4.07. The lowest BCUT2D eigenvalue weighted by Crippen LogP contribution is -2.44. The van der Waals surface area contributed by atoms with Crippen LogP contribution in [0.4, 0.5) is 23.0 Å². The lowest BCUT2D eigenvalue weighted by Gasteiger charge is -2.40. The van der Waals surface area contributed by atoms with Crippen molar-refractivity contribution in [1.29, 1.82) is 0 Å². The summed E-state index contributed by atoms with van der Waals surface area (Å²) in [7, 11) is -1.53. The third kappa shape index (κ3) is 8.10. The van der Waals surface area contributed by atoms with Gasteiger partial charge >= 0.3 is 0 Å². The highest BCUT2D eigenvalue weighted by molar-refractivity contribution is 8.25. The Balaban J connectivity index is 0.00000216. The standard InChI is InChI=1S/C35H42N6S.C2H6/c1-26(2)37-29-12-8-27(9-13-29)33-20-21-36-34(39-33)38-30-14-16-31(17-15-30)40-22-24-41(25-23-40)42(6,7)32-18-10-28(11-19-32)35(3,4)5;1-2/h8-21,37H,1,6-7,22-25H2,2-5H3,(H,36,38,39);1-2H3. The van der Waals surface area contributed by atoms with Gasteiger partial charge in [-0.1, -0.05) is 77.2 Å². The monoisotopic (exact) mass is 608 g/mol. The molecule has 2 N–H and O–H groups in total. The Morgan fingerprint density at radius 1 is 0.795 bits per heavy atom. The maximum atomic E-state index is 4.73. The van der Waals surface area contributed by atoms with E-state index in [1.807, 2.05) is 51.1 Å². The number of piperazine rings is 1. The maximum Gasteiger partial charge on any atom is 0.227 e. The van der Waals surface area contributed by atoms with E-state index in [0.29, 0.717) is 5.95 Å². The molecule has 232 valence electrons. The molecule has 0 bridgehead atoms. The average Bonchev–Trinajstić information content (AvgIpc) is 3.02. The van der Waals surface area contributed by atoms with Gasteiger partial charge in [-0.25, -0.2) is 9.97 Å². The quantitative estimate of drug-likeness (QED) is 0.195. The zero-order valence-corrected chi connectivity index (χ0v) is 28.0. The van der Waals surface area contributed by atoms with Crippen LogP contribution < -0.4 is 15.5 Å². The average molecular weight is 609 g/mol. The van der Waals surface area contributed by atoms with E-state index in [-0.39, 0.29) is 5.41 Å². The Bertz CT molecular complexity index is 1630. The summed E-state index contributed by atoms with van der Waals surface area (Å²) in [5, 5.41) is 6.58. The molecule has 0 amide bonds. The molecule has 0 spiro atoms. The third-order valence-corrected chi connectivity index (χ3v) is 10.1. The van der Waals surface area contributed by atoms with Crippen molar-refractivity contribution >= 4 is 44.1 Å². The van der Waals surface area contributed by atoms with Crippen LogP contribution in [0.25, 0.3) is 11.3 Å². The van der Waals surface area contributed by atoms with Crippen molar-refractivity contribution < 1.29 is 0 Å². The number of anilines is 4. The summed E-state index contributed by atoms with van der Waals surface area (Å²) in [5.41, 5.74) is 7.44. The number of hydrogen-bond acceptors (Lipinski definition) is 6. The zero-order chi connectivity index (χ0) is 31.9. The molecule has 3 aromatic carbocycles.